The molecule has 0 radical (unpaired) electrons. The summed E-state index contributed by atoms with van der Waals surface area (Å²) in [7, 11) is 2.11. The molecule has 10 heteroatoms. The lowest BCUT2D eigenvalue weighted by Crippen LogP contribution is -2.61. The molecule has 3 aliphatic rings. The topological polar surface area (TPSA) is 136 Å². The van der Waals surface area contributed by atoms with Gasteiger partial charge in [0.05, 0.1) is 12.2 Å². The Kier molecular flexibility index (Phi) is 5.71. The van der Waals surface area contributed by atoms with E-state index in [1.165, 1.54) is 17.3 Å². The molecule has 6 atom stereocenters. The number of carbonyl (C=O) groups is 1. The molecular formula is C23H27N3O7. The number of benzene rings is 1. The van der Waals surface area contributed by atoms with Gasteiger partial charge in [-0.15, -0.1) is 0 Å². The Bertz CT molecular complexity index is 1050. The fourth-order valence-electron chi connectivity index (χ4n) is 4.88. The van der Waals surface area contributed by atoms with Crippen molar-refractivity contribution < 1.29 is 34.7 Å². The summed E-state index contributed by atoms with van der Waals surface area (Å²) in [4.78, 5) is 20.6. The van der Waals surface area contributed by atoms with Gasteiger partial charge in [0.1, 0.15) is 29.9 Å². The summed E-state index contributed by atoms with van der Waals surface area (Å²) in [5.74, 6) is -0.323. The molecule has 0 spiro atoms. The molecule has 5 rings (SSSR count). The van der Waals surface area contributed by atoms with Gasteiger partial charge in [0, 0.05) is 31.6 Å². The summed E-state index contributed by atoms with van der Waals surface area (Å²) in [6.45, 7) is 2.62. The van der Waals surface area contributed by atoms with Crippen LogP contribution < -0.4 is 9.64 Å². The number of ether oxygens (including phenoxy) is 2. The predicted octanol–water partition coefficient (Wildman–Crippen LogP) is -0.250. The third-order valence-electron chi connectivity index (χ3n) is 6.63. The number of rotatable bonds is 3. The van der Waals surface area contributed by atoms with Crippen molar-refractivity contribution in [1.82, 2.24) is 9.88 Å². The van der Waals surface area contributed by atoms with E-state index >= 15 is 0 Å². The van der Waals surface area contributed by atoms with Gasteiger partial charge in [-0.05, 0) is 24.2 Å². The van der Waals surface area contributed by atoms with Gasteiger partial charge >= 0.3 is 5.97 Å². The molecule has 2 fully saturated rings. The maximum Gasteiger partial charge on any atom is 0.335 e. The van der Waals surface area contributed by atoms with Crippen molar-refractivity contribution in [1.29, 1.82) is 0 Å². The van der Waals surface area contributed by atoms with E-state index in [1.54, 1.807) is 0 Å². The number of aliphatic hydroxyl groups excluding tert-OH is 3. The summed E-state index contributed by atoms with van der Waals surface area (Å²) in [5.41, 5.74) is 3.39. The van der Waals surface area contributed by atoms with E-state index < -0.39 is 36.7 Å². The van der Waals surface area contributed by atoms with Crippen LogP contribution in [-0.4, -0.2) is 93.7 Å². The van der Waals surface area contributed by atoms with E-state index in [2.05, 4.69) is 34.0 Å². The van der Waals surface area contributed by atoms with Crippen LogP contribution in [0, 0.1) is 0 Å². The number of pyridine rings is 1. The minimum Gasteiger partial charge on any atom is -0.479 e. The lowest BCUT2D eigenvalue weighted by atomic mass is 9.96. The molecule has 1 aromatic carbocycles. The molecule has 2 aromatic rings. The normalized spacial score (nSPS) is 31.7. The second kappa shape index (κ2) is 8.54. The third kappa shape index (κ3) is 3.94. The van der Waals surface area contributed by atoms with Crippen LogP contribution in [0.3, 0.4) is 0 Å². The van der Waals surface area contributed by atoms with Gasteiger partial charge in [0.15, 0.2) is 6.10 Å². The fraction of sp³-hybridized carbons (Fsp3) is 0.478. The number of aromatic nitrogens is 1. The molecule has 176 valence electrons. The second-order valence-corrected chi connectivity index (χ2v) is 8.85. The number of aliphatic carboxylic acids is 1. The van der Waals surface area contributed by atoms with Gasteiger partial charge in [-0.3, -0.25) is 0 Å². The predicted molar refractivity (Wildman–Crippen MR) is 116 cm³/mol. The summed E-state index contributed by atoms with van der Waals surface area (Å²) in [5, 5.41) is 39.5. The Hall–Kier alpha value is -2.76. The first kappa shape index (κ1) is 22.1. The van der Waals surface area contributed by atoms with Crippen LogP contribution >= 0.6 is 0 Å². The Morgan fingerprint density at radius 3 is 2.70 bits per heavy atom. The zero-order chi connectivity index (χ0) is 23.3. The van der Waals surface area contributed by atoms with Crippen molar-refractivity contribution in [3.8, 4) is 5.75 Å². The van der Waals surface area contributed by atoms with Crippen LogP contribution in [0.5, 0.6) is 5.75 Å². The highest BCUT2D eigenvalue weighted by atomic mass is 16.7. The zero-order valence-corrected chi connectivity index (χ0v) is 18.1. The van der Waals surface area contributed by atoms with E-state index in [0.717, 1.165) is 31.0 Å². The Morgan fingerprint density at radius 2 is 1.91 bits per heavy atom. The van der Waals surface area contributed by atoms with Crippen LogP contribution in [0.15, 0.2) is 36.5 Å². The monoisotopic (exact) mass is 457 g/mol. The maximum atomic E-state index is 11.4. The van der Waals surface area contributed by atoms with Crippen molar-refractivity contribution in [2.45, 2.75) is 43.2 Å². The standard InChI is InChI=1S/C23H27N3O7/c1-25-6-7-26-16(11-25)15-5-3-2-4-12(15)8-13-9-14(10-24-21(13)26)32-23-19(29)17(27)18(28)20(33-23)22(30)31/h2-5,9-10,16-20,23,27-29H,6-8,11H2,1H3,(H,30,31)/t16-,17-,18-,19-,20+,23+/m0/s1. The summed E-state index contributed by atoms with van der Waals surface area (Å²) in [6.07, 6.45) is -6.17. The number of fused-ring (bicyclic) bond motifs is 5. The van der Waals surface area contributed by atoms with Crippen molar-refractivity contribution >= 4 is 11.8 Å². The molecule has 33 heavy (non-hydrogen) atoms. The van der Waals surface area contributed by atoms with Gasteiger partial charge in [-0.25, -0.2) is 9.78 Å². The molecule has 0 unspecified atom stereocenters. The van der Waals surface area contributed by atoms with Gasteiger partial charge in [-0.1, -0.05) is 24.3 Å². The highest BCUT2D eigenvalue weighted by Gasteiger charge is 2.48. The van der Waals surface area contributed by atoms with Crippen molar-refractivity contribution in [3.63, 3.8) is 0 Å². The van der Waals surface area contributed by atoms with E-state index in [9.17, 15) is 25.2 Å². The first-order valence-electron chi connectivity index (χ1n) is 10.9. The number of hydrogen-bond acceptors (Lipinski definition) is 9. The highest BCUT2D eigenvalue weighted by Crippen LogP contribution is 2.39. The molecule has 0 saturated carbocycles. The Labute approximate surface area is 190 Å². The lowest BCUT2D eigenvalue weighted by molar-refractivity contribution is -0.271. The summed E-state index contributed by atoms with van der Waals surface area (Å²) < 4.78 is 11.0. The average Bonchev–Trinajstić information content (AvgIpc) is 2.93. The van der Waals surface area contributed by atoms with Crippen LogP contribution in [-0.2, 0) is 16.0 Å². The van der Waals surface area contributed by atoms with Gasteiger partial charge in [0.25, 0.3) is 0 Å². The van der Waals surface area contributed by atoms with Crippen LogP contribution in [0.2, 0.25) is 0 Å². The van der Waals surface area contributed by atoms with E-state index in [4.69, 9.17) is 9.47 Å². The van der Waals surface area contributed by atoms with Gasteiger partial charge in [-0.2, -0.15) is 0 Å². The highest BCUT2D eigenvalue weighted by molar-refractivity contribution is 5.73. The first-order valence-corrected chi connectivity index (χ1v) is 10.9. The number of carboxylic acid groups (broad SMARTS) is 1. The summed E-state index contributed by atoms with van der Waals surface area (Å²) >= 11 is 0. The molecule has 1 aromatic heterocycles. The molecule has 0 amide bonds. The number of likely N-dealkylation sites (N-methyl/N-ethyl adjacent to an activating group) is 1. The van der Waals surface area contributed by atoms with Crippen molar-refractivity contribution in [2.75, 3.05) is 31.6 Å². The number of aliphatic hydroxyl groups is 3. The van der Waals surface area contributed by atoms with Crippen molar-refractivity contribution in [3.05, 3.63) is 53.2 Å². The lowest BCUT2D eigenvalue weighted by Gasteiger charge is -2.41. The maximum absolute atomic E-state index is 11.4. The minimum absolute atomic E-state index is 0.178. The first-order chi connectivity index (χ1) is 15.8. The zero-order valence-electron chi connectivity index (χ0n) is 18.1. The summed E-state index contributed by atoms with van der Waals surface area (Å²) in [6, 6.07) is 10.3. The number of nitrogens with zero attached hydrogens (tertiary/aromatic N) is 3. The largest absolute Gasteiger partial charge is 0.479 e. The van der Waals surface area contributed by atoms with E-state index in [-0.39, 0.29) is 11.8 Å². The SMILES string of the molecule is CN1CCN2c3ncc(O[C@@H]4O[C@@H](C(=O)O)[C@@H](O)[C@H](O)[C@@H]4O)cc3Cc3ccccc3[C@@H]2C1. The quantitative estimate of drug-likeness (QED) is 0.489. The number of anilines is 1. The average molecular weight is 457 g/mol. The van der Waals surface area contributed by atoms with Crippen LogP contribution in [0.1, 0.15) is 22.7 Å². The third-order valence-corrected chi connectivity index (χ3v) is 6.63. The fourth-order valence-corrected chi connectivity index (χ4v) is 4.88. The Balaban J connectivity index is 1.46. The molecule has 3 aliphatic heterocycles. The molecule has 0 bridgehead atoms. The van der Waals surface area contributed by atoms with Crippen LogP contribution in [0.25, 0.3) is 0 Å². The molecule has 4 heterocycles. The molecular weight excluding hydrogens is 430 g/mol. The Morgan fingerprint density at radius 1 is 1.12 bits per heavy atom. The van der Waals surface area contributed by atoms with Gasteiger partial charge < -0.3 is 39.7 Å². The van der Waals surface area contributed by atoms with Gasteiger partial charge in [0.2, 0.25) is 6.29 Å². The number of piperazine rings is 1. The molecule has 4 N–H and O–H groups in total. The second-order valence-electron chi connectivity index (χ2n) is 8.85. The number of hydrogen-bond donors (Lipinski definition) is 4. The molecule has 0 aliphatic carbocycles. The number of carboxylic acids is 1. The van der Waals surface area contributed by atoms with Crippen molar-refractivity contribution in [2.24, 2.45) is 0 Å². The minimum atomic E-state index is -1.77. The molecule has 2 saturated heterocycles. The smallest absolute Gasteiger partial charge is 0.335 e. The van der Waals surface area contributed by atoms with E-state index in [1.807, 2.05) is 18.2 Å². The van der Waals surface area contributed by atoms with Crippen LogP contribution in [0.4, 0.5) is 5.82 Å². The van der Waals surface area contributed by atoms with E-state index in [0.29, 0.717) is 6.42 Å². The molecule has 10 nitrogen and oxygen atoms in total.